The van der Waals surface area contributed by atoms with Gasteiger partial charge in [-0.1, -0.05) is 25.5 Å². The number of primary amides is 1. The van der Waals surface area contributed by atoms with Crippen molar-refractivity contribution in [2.45, 2.75) is 57.6 Å². The molecule has 0 aromatic heterocycles. The third kappa shape index (κ3) is 5.71. The maximum Gasteiger partial charge on any atom is 0.255 e. The standard InChI is InChI=1S/C34H40N2O9/c1-3-4-11-45-12-5-10-36-17-18-6-9-26(44-2)22(13-18)21-7-8-24(37)28-23(21)15-19-14-20-16-25(38)29(33(35)42)32(41)34(20,43)31(40)27(19)30(28)39/h6-9,13,19-20,36-37,39,41,43H,3-5,10-12,14-17H2,1-2H3,(H2,35,42)/t19-,20+,34+/m1/s1. The highest BCUT2D eigenvalue weighted by atomic mass is 16.5. The minimum absolute atomic E-state index is 0.0354. The number of fused-ring (bicyclic) bond motifs is 3. The van der Waals surface area contributed by atoms with Gasteiger partial charge in [-0.05, 0) is 73.0 Å². The van der Waals surface area contributed by atoms with Crippen molar-refractivity contribution in [3.63, 3.8) is 0 Å². The van der Waals surface area contributed by atoms with Crippen LogP contribution in [0.25, 0.3) is 16.9 Å². The van der Waals surface area contributed by atoms with Crippen molar-refractivity contribution in [1.82, 2.24) is 5.32 Å². The molecule has 11 nitrogen and oxygen atoms in total. The van der Waals surface area contributed by atoms with Gasteiger partial charge in [-0.2, -0.15) is 0 Å². The number of ether oxygens (including phenoxy) is 2. The largest absolute Gasteiger partial charge is 0.508 e. The molecule has 5 rings (SSSR count). The summed E-state index contributed by atoms with van der Waals surface area (Å²) in [5.41, 5.74) is 4.68. The minimum Gasteiger partial charge on any atom is -0.508 e. The Labute approximate surface area is 261 Å². The molecule has 0 unspecified atom stereocenters. The van der Waals surface area contributed by atoms with Gasteiger partial charge in [0, 0.05) is 43.2 Å². The van der Waals surface area contributed by atoms with Crippen molar-refractivity contribution in [2.75, 3.05) is 26.9 Å². The number of benzene rings is 2. The van der Waals surface area contributed by atoms with E-state index in [1.807, 2.05) is 18.2 Å². The summed E-state index contributed by atoms with van der Waals surface area (Å²) in [4.78, 5) is 38.3. The van der Waals surface area contributed by atoms with Gasteiger partial charge < -0.3 is 41.0 Å². The Morgan fingerprint density at radius 1 is 1.07 bits per heavy atom. The number of ketones is 2. The second-order valence-electron chi connectivity index (χ2n) is 11.9. The number of Topliss-reactive ketones (excluding diaryl/α,β-unsaturated/α-hetero) is 2. The van der Waals surface area contributed by atoms with Gasteiger partial charge in [0.15, 0.2) is 11.4 Å². The van der Waals surface area contributed by atoms with Crippen LogP contribution in [0.2, 0.25) is 0 Å². The molecule has 45 heavy (non-hydrogen) atoms. The number of unbranched alkanes of at least 4 members (excludes halogenated alkanes) is 1. The molecule has 0 bridgehead atoms. The number of phenols is 1. The van der Waals surface area contributed by atoms with Gasteiger partial charge in [-0.25, -0.2) is 0 Å². The molecule has 0 saturated heterocycles. The predicted molar refractivity (Wildman–Crippen MR) is 165 cm³/mol. The van der Waals surface area contributed by atoms with Crippen molar-refractivity contribution < 1.29 is 44.3 Å². The van der Waals surface area contributed by atoms with Crippen LogP contribution in [0, 0.1) is 11.8 Å². The van der Waals surface area contributed by atoms with Crippen LogP contribution < -0.4 is 15.8 Å². The quantitative estimate of drug-likeness (QED) is 0.152. The molecule has 0 spiro atoms. The van der Waals surface area contributed by atoms with E-state index < -0.39 is 52.0 Å². The normalized spacial score (nSPS) is 22.6. The first-order chi connectivity index (χ1) is 21.5. The Kier molecular flexibility index (Phi) is 9.33. The molecule has 3 aliphatic carbocycles. The number of methoxy groups -OCH3 is 1. The lowest BCUT2D eigenvalue weighted by atomic mass is 9.59. The molecule has 3 atom stereocenters. The number of nitrogens with two attached hydrogens (primary N) is 1. The molecule has 11 heteroatoms. The Morgan fingerprint density at radius 2 is 1.82 bits per heavy atom. The van der Waals surface area contributed by atoms with Crippen molar-refractivity contribution in [3.8, 4) is 22.6 Å². The summed E-state index contributed by atoms with van der Waals surface area (Å²) in [6.45, 7) is 4.96. The molecule has 2 aromatic carbocycles. The highest BCUT2D eigenvalue weighted by Gasteiger charge is 2.60. The molecule has 1 amide bonds. The monoisotopic (exact) mass is 620 g/mol. The molecule has 0 heterocycles. The van der Waals surface area contributed by atoms with E-state index in [-0.39, 0.29) is 36.1 Å². The van der Waals surface area contributed by atoms with E-state index >= 15 is 0 Å². The highest BCUT2D eigenvalue weighted by Crippen LogP contribution is 2.53. The average molecular weight is 621 g/mol. The highest BCUT2D eigenvalue weighted by molar-refractivity contribution is 6.22. The van der Waals surface area contributed by atoms with Gasteiger partial charge in [-0.3, -0.25) is 14.4 Å². The summed E-state index contributed by atoms with van der Waals surface area (Å²) in [5.74, 6) is -6.03. The molecule has 0 radical (unpaired) electrons. The van der Waals surface area contributed by atoms with E-state index in [1.54, 1.807) is 13.2 Å². The van der Waals surface area contributed by atoms with E-state index in [2.05, 4.69) is 12.2 Å². The minimum atomic E-state index is -2.60. The molecule has 3 aliphatic rings. The van der Waals surface area contributed by atoms with E-state index in [0.29, 0.717) is 30.0 Å². The van der Waals surface area contributed by atoms with Crippen LogP contribution in [-0.2, 0) is 32.1 Å². The molecule has 1 fully saturated rings. The summed E-state index contributed by atoms with van der Waals surface area (Å²) < 4.78 is 11.3. The third-order valence-corrected chi connectivity index (χ3v) is 9.11. The van der Waals surface area contributed by atoms with Gasteiger partial charge in [0.05, 0.1) is 12.7 Å². The number of carbonyl (C=O) groups is 3. The van der Waals surface area contributed by atoms with Gasteiger partial charge in [0.1, 0.15) is 28.6 Å². The molecular weight excluding hydrogens is 580 g/mol. The first-order valence-corrected chi connectivity index (χ1v) is 15.3. The number of hydrogen-bond acceptors (Lipinski definition) is 10. The van der Waals surface area contributed by atoms with E-state index in [0.717, 1.165) is 43.5 Å². The molecule has 2 aromatic rings. The zero-order chi connectivity index (χ0) is 32.5. The summed E-state index contributed by atoms with van der Waals surface area (Å²) in [5, 5.41) is 48.1. The van der Waals surface area contributed by atoms with Crippen LogP contribution in [0.4, 0.5) is 0 Å². The number of nitrogens with one attached hydrogen (secondary N) is 1. The zero-order valence-electron chi connectivity index (χ0n) is 25.5. The van der Waals surface area contributed by atoms with Crippen LogP contribution in [0.3, 0.4) is 0 Å². The lowest BCUT2D eigenvalue weighted by molar-refractivity contribution is -0.147. The molecule has 1 saturated carbocycles. The molecule has 0 aliphatic heterocycles. The molecular formula is C34H40N2O9. The Hall–Kier alpha value is -4.19. The van der Waals surface area contributed by atoms with Gasteiger partial charge in [-0.15, -0.1) is 0 Å². The van der Waals surface area contributed by atoms with Crippen LogP contribution >= 0.6 is 0 Å². The smallest absolute Gasteiger partial charge is 0.255 e. The van der Waals surface area contributed by atoms with Gasteiger partial charge in [0.25, 0.3) is 5.91 Å². The zero-order valence-corrected chi connectivity index (χ0v) is 25.5. The van der Waals surface area contributed by atoms with Crippen molar-refractivity contribution in [2.24, 2.45) is 17.6 Å². The Morgan fingerprint density at radius 3 is 2.53 bits per heavy atom. The molecule has 7 N–H and O–H groups in total. The van der Waals surface area contributed by atoms with Crippen LogP contribution in [0.1, 0.15) is 55.7 Å². The number of aliphatic hydroxyl groups excluding tert-OH is 2. The number of amides is 1. The SMILES string of the molecule is CCCCOCCCNCc1ccc(OC)c(-c2ccc(O)c3c2C[C@H]2C[C@H]4CC(=O)C(C(N)=O)=C(O)[C@@]4(O)C(=O)C2=C3O)c1. The number of hydrogen-bond donors (Lipinski definition) is 6. The van der Waals surface area contributed by atoms with Crippen LogP contribution in [0.15, 0.2) is 47.2 Å². The number of phenolic OH excluding ortho intramolecular Hbond substituents is 1. The fraction of sp³-hybridized carbons (Fsp3) is 0.441. The average Bonchev–Trinajstić information content (AvgIpc) is 3.00. The fourth-order valence-corrected chi connectivity index (χ4v) is 6.83. The fourth-order valence-electron chi connectivity index (χ4n) is 6.83. The lowest BCUT2D eigenvalue weighted by Gasteiger charge is -2.46. The second kappa shape index (κ2) is 13.0. The van der Waals surface area contributed by atoms with E-state index in [9.17, 15) is 34.8 Å². The second-order valence-corrected chi connectivity index (χ2v) is 11.9. The topological polar surface area (TPSA) is 189 Å². The first-order valence-electron chi connectivity index (χ1n) is 15.3. The van der Waals surface area contributed by atoms with E-state index in [1.165, 1.54) is 6.07 Å². The number of aliphatic hydroxyl groups is 3. The maximum atomic E-state index is 13.8. The predicted octanol–water partition coefficient (Wildman–Crippen LogP) is 3.40. The third-order valence-electron chi connectivity index (χ3n) is 9.11. The maximum absolute atomic E-state index is 13.8. The summed E-state index contributed by atoms with van der Waals surface area (Å²) in [6.07, 6.45) is 2.91. The Bertz CT molecular complexity index is 1590. The van der Waals surface area contributed by atoms with Crippen LogP contribution in [0.5, 0.6) is 11.5 Å². The van der Waals surface area contributed by atoms with Crippen molar-refractivity contribution >= 4 is 23.2 Å². The number of rotatable bonds is 12. The summed E-state index contributed by atoms with van der Waals surface area (Å²) >= 11 is 0. The Balaban J connectivity index is 1.48. The first kappa shape index (κ1) is 32.2. The summed E-state index contributed by atoms with van der Waals surface area (Å²) in [7, 11) is 1.55. The van der Waals surface area contributed by atoms with Gasteiger partial charge in [0.2, 0.25) is 5.78 Å². The summed E-state index contributed by atoms with van der Waals surface area (Å²) in [6, 6.07) is 8.93. The number of aromatic hydroxyl groups is 1. The van der Waals surface area contributed by atoms with Crippen molar-refractivity contribution in [1.29, 1.82) is 0 Å². The lowest BCUT2D eigenvalue weighted by Crippen LogP contribution is -2.58. The molecule has 240 valence electrons. The van der Waals surface area contributed by atoms with E-state index in [4.69, 9.17) is 15.2 Å². The van der Waals surface area contributed by atoms with Gasteiger partial charge >= 0.3 is 0 Å². The van der Waals surface area contributed by atoms with Crippen molar-refractivity contribution in [3.05, 3.63) is 63.9 Å². The number of carbonyl (C=O) groups excluding carboxylic acids is 3. The van der Waals surface area contributed by atoms with Crippen LogP contribution in [-0.4, -0.2) is 70.4 Å².